The molecule has 0 unspecified atom stereocenters. The Labute approximate surface area is 162 Å². The SMILES string of the molecule is Cn1ncc(COC2(C)CNC2)c1-c1ccn2nc(NC(=O)C3CC3)cc2c1. The van der Waals surface area contributed by atoms with Gasteiger partial charge in [0.2, 0.25) is 5.91 Å². The molecule has 0 aromatic carbocycles. The van der Waals surface area contributed by atoms with E-state index in [1.165, 1.54) is 0 Å². The summed E-state index contributed by atoms with van der Waals surface area (Å²) < 4.78 is 9.76. The molecular weight excluding hydrogens is 356 g/mol. The van der Waals surface area contributed by atoms with Crippen molar-refractivity contribution in [2.24, 2.45) is 13.0 Å². The Balaban J connectivity index is 1.40. The van der Waals surface area contributed by atoms with Crippen molar-refractivity contribution in [3.8, 4) is 11.3 Å². The maximum atomic E-state index is 12.0. The number of aromatic nitrogens is 4. The number of hydrogen-bond acceptors (Lipinski definition) is 5. The summed E-state index contributed by atoms with van der Waals surface area (Å²) in [6.07, 6.45) is 5.73. The lowest BCUT2D eigenvalue weighted by molar-refractivity contribution is -0.117. The number of amides is 1. The van der Waals surface area contributed by atoms with E-state index >= 15 is 0 Å². The van der Waals surface area contributed by atoms with Gasteiger partial charge in [-0.3, -0.25) is 9.48 Å². The molecule has 2 N–H and O–H groups in total. The van der Waals surface area contributed by atoms with Crippen molar-refractivity contribution in [1.82, 2.24) is 24.7 Å². The van der Waals surface area contributed by atoms with E-state index in [1.54, 1.807) is 4.52 Å². The predicted molar refractivity (Wildman–Crippen MR) is 105 cm³/mol. The molecule has 8 nitrogen and oxygen atoms in total. The highest BCUT2D eigenvalue weighted by molar-refractivity contribution is 5.93. The fraction of sp³-hybridized carbons (Fsp3) is 0.450. The van der Waals surface area contributed by atoms with Gasteiger partial charge in [-0.1, -0.05) is 0 Å². The second kappa shape index (κ2) is 6.42. The first-order chi connectivity index (χ1) is 13.5. The second-order valence-corrected chi connectivity index (χ2v) is 8.06. The summed E-state index contributed by atoms with van der Waals surface area (Å²) in [5.41, 5.74) is 3.96. The maximum absolute atomic E-state index is 12.0. The molecule has 4 heterocycles. The van der Waals surface area contributed by atoms with Crippen LogP contribution in [0.3, 0.4) is 0 Å². The molecule has 3 aromatic rings. The summed E-state index contributed by atoms with van der Waals surface area (Å²) in [6.45, 7) is 4.39. The first-order valence-electron chi connectivity index (χ1n) is 9.67. The highest BCUT2D eigenvalue weighted by Crippen LogP contribution is 2.31. The van der Waals surface area contributed by atoms with Crippen molar-refractivity contribution >= 4 is 17.2 Å². The molecule has 0 spiro atoms. The second-order valence-electron chi connectivity index (χ2n) is 8.06. The summed E-state index contributed by atoms with van der Waals surface area (Å²) >= 11 is 0. The number of anilines is 1. The molecule has 0 radical (unpaired) electrons. The third kappa shape index (κ3) is 3.18. The van der Waals surface area contributed by atoms with Crippen LogP contribution in [0.1, 0.15) is 25.3 Å². The Bertz CT molecular complexity index is 1040. The summed E-state index contributed by atoms with van der Waals surface area (Å²) in [5, 5.41) is 15.0. The van der Waals surface area contributed by atoms with Gasteiger partial charge < -0.3 is 15.4 Å². The lowest BCUT2D eigenvalue weighted by Gasteiger charge is -2.39. The first-order valence-corrected chi connectivity index (χ1v) is 9.67. The lowest BCUT2D eigenvalue weighted by atomic mass is 10.00. The largest absolute Gasteiger partial charge is 0.368 e. The molecular formula is C20H24N6O2. The molecule has 3 aromatic heterocycles. The highest BCUT2D eigenvalue weighted by atomic mass is 16.5. The van der Waals surface area contributed by atoms with Crippen LogP contribution >= 0.6 is 0 Å². The summed E-state index contributed by atoms with van der Waals surface area (Å²) in [7, 11) is 1.94. The minimum atomic E-state index is -0.100. The summed E-state index contributed by atoms with van der Waals surface area (Å²) in [6, 6.07) is 5.98. The van der Waals surface area contributed by atoms with Gasteiger partial charge in [0.15, 0.2) is 5.82 Å². The van der Waals surface area contributed by atoms with Crippen LogP contribution in [0.2, 0.25) is 0 Å². The van der Waals surface area contributed by atoms with Crippen molar-refractivity contribution < 1.29 is 9.53 Å². The Kier molecular flexibility index (Phi) is 3.99. The number of fused-ring (bicyclic) bond motifs is 1. The number of pyridine rings is 1. The van der Waals surface area contributed by atoms with Crippen molar-refractivity contribution in [2.75, 3.05) is 18.4 Å². The van der Waals surface area contributed by atoms with E-state index in [0.717, 1.165) is 48.3 Å². The molecule has 1 saturated carbocycles. The van der Waals surface area contributed by atoms with Crippen LogP contribution in [0.5, 0.6) is 0 Å². The average molecular weight is 380 g/mol. The Morgan fingerprint density at radius 3 is 2.93 bits per heavy atom. The van der Waals surface area contributed by atoms with Gasteiger partial charge in [0.05, 0.1) is 29.6 Å². The number of nitrogens with one attached hydrogen (secondary N) is 2. The minimum Gasteiger partial charge on any atom is -0.368 e. The van der Waals surface area contributed by atoms with Crippen LogP contribution in [0.25, 0.3) is 16.8 Å². The molecule has 146 valence electrons. The van der Waals surface area contributed by atoms with Gasteiger partial charge in [0.25, 0.3) is 0 Å². The van der Waals surface area contributed by atoms with Crippen LogP contribution in [0, 0.1) is 5.92 Å². The molecule has 1 aliphatic carbocycles. The van der Waals surface area contributed by atoms with Crippen molar-refractivity contribution in [2.45, 2.75) is 32.0 Å². The number of carbonyl (C=O) groups excluding carboxylic acids is 1. The number of ether oxygens (including phenoxy) is 1. The van der Waals surface area contributed by atoms with Crippen molar-refractivity contribution in [1.29, 1.82) is 0 Å². The Morgan fingerprint density at radius 2 is 2.21 bits per heavy atom. The van der Waals surface area contributed by atoms with Crippen molar-refractivity contribution in [3.63, 3.8) is 0 Å². The molecule has 1 aliphatic heterocycles. The zero-order valence-corrected chi connectivity index (χ0v) is 16.1. The third-order valence-corrected chi connectivity index (χ3v) is 5.52. The zero-order chi connectivity index (χ0) is 19.3. The van der Waals surface area contributed by atoms with E-state index in [-0.39, 0.29) is 17.4 Å². The standard InChI is InChI=1S/C20H24N6O2/c1-20(11-21-12-20)28-10-15-9-22-25(2)18(15)14-5-6-26-16(7-14)8-17(24-26)23-19(27)13-3-4-13/h5-9,13,21H,3-4,10-12H2,1-2H3,(H,23,24,27). The van der Waals surface area contributed by atoms with Crippen LogP contribution in [-0.2, 0) is 23.2 Å². The lowest BCUT2D eigenvalue weighted by Crippen LogP contribution is -2.58. The monoisotopic (exact) mass is 380 g/mol. The highest BCUT2D eigenvalue weighted by Gasteiger charge is 2.33. The average Bonchev–Trinajstić information content (AvgIpc) is 3.33. The fourth-order valence-electron chi connectivity index (χ4n) is 3.57. The molecule has 1 saturated heterocycles. The fourth-order valence-corrected chi connectivity index (χ4v) is 3.57. The van der Waals surface area contributed by atoms with Gasteiger partial charge in [0, 0.05) is 49.4 Å². The van der Waals surface area contributed by atoms with E-state index < -0.39 is 0 Å². The number of rotatable bonds is 6. The van der Waals surface area contributed by atoms with Gasteiger partial charge in [-0.05, 0) is 31.9 Å². The van der Waals surface area contributed by atoms with Crippen LogP contribution < -0.4 is 10.6 Å². The van der Waals surface area contributed by atoms with E-state index in [0.29, 0.717) is 12.4 Å². The number of carbonyl (C=O) groups is 1. The van der Waals surface area contributed by atoms with Crippen LogP contribution in [-0.4, -0.2) is 44.0 Å². The van der Waals surface area contributed by atoms with E-state index in [4.69, 9.17) is 4.74 Å². The van der Waals surface area contributed by atoms with E-state index in [9.17, 15) is 4.79 Å². The molecule has 1 amide bonds. The Morgan fingerprint density at radius 1 is 1.39 bits per heavy atom. The maximum Gasteiger partial charge on any atom is 0.228 e. The minimum absolute atomic E-state index is 0.0636. The van der Waals surface area contributed by atoms with Crippen molar-refractivity contribution in [3.05, 3.63) is 36.2 Å². The number of aryl methyl sites for hydroxylation is 1. The molecule has 5 rings (SSSR count). The summed E-state index contributed by atoms with van der Waals surface area (Å²) in [4.78, 5) is 12.0. The number of hydrogen-bond donors (Lipinski definition) is 2. The smallest absolute Gasteiger partial charge is 0.228 e. The van der Waals surface area contributed by atoms with E-state index in [1.807, 2.05) is 36.3 Å². The van der Waals surface area contributed by atoms with E-state index in [2.05, 4.69) is 33.8 Å². The van der Waals surface area contributed by atoms with Gasteiger partial charge in [-0.25, -0.2) is 4.52 Å². The van der Waals surface area contributed by atoms with Crippen LogP contribution in [0.4, 0.5) is 5.82 Å². The first kappa shape index (κ1) is 17.4. The summed E-state index contributed by atoms with van der Waals surface area (Å²) in [5.74, 6) is 0.812. The quantitative estimate of drug-likeness (QED) is 0.683. The molecule has 0 atom stereocenters. The molecule has 2 fully saturated rings. The van der Waals surface area contributed by atoms with Gasteiger partial charge in [0.1, 0.15) is 0 Å². The molecule has 28 heavy (non-hydrogen) atoms. The van der Waals surface area contributed by atoms with Gasteiger partial charge >= 0.3 is 0 Å². The third-order valence-electron chi connectivity index (χ3n) is 5.52. The predicted octanol–water partition coefficient (Wildman–Crippen LogP) is 1.96. The number of nitrogens with zero attached hydrogens (tertiary/aromatic N) is 4. The normalized spacial score (nSPS) is 18.2. The Hall–Kier alpha value is -2.71. The molecule has 8 heteroatoms. The van der Waals surface area contributed by atoms with Crippen LogP contribution in [0.15, 0.2) is 30.6 Å². The zero-order valence-electron chi connectivity index (χ0n) is 16.1. The molecule has 0 bridgehead atoms. The van der Waals surface area contributed by atoms with Gasteiger partial charge in [-0.15, -0.1) is 0 Å². The topological polar surface area (TPSA) is 85.5 Å². The van der Waals surface area contributed by atoms with Gasteiger partial charge in [-0.2, -0.15) is 10.2 Å². The molecule has 2 aliphatic rings.